The highest BCUT2D eigenvalue weighted by molar-refractivity contribution is 6.03. The number of carbonyl (C=O) groups excluding carboxylic acids is 2. The standard InChI is InChI=1S/C17H20N6O2/c1-4-9(2)23-10(3)7-14(22-23)16(25)21-17-19-12-6-5-11(15(18)24)8-13(12)20-17/h5-9H,4H2,1-3H3,(H2,18,24)(H2,19,20,21,25). The number of hydrogen-bond donors (Lipinski definition) is 3. The van der Waals surface area contributed by atoms with Crippen molar-refractivity contribution in [2.75, 3.05) is 5.32 Å². The van der Waals surface area contributed by atoms with Gasteiger partial charge >= 0.3 is 0 Å². The molecule has 0 aliphatic rings. The van der Waals surface area contributed by atoms with Gasteiger partial charge in [0.2, 0.25) is 11.9 Å². The molecule has 4 N–H and O–H groups in total. The third kappa shape index (κ3) is 3.23. The van der Waals surface area contributed by atoms with Crippen molar-refractivity contribution in [3.63, 3.8) is 0 Å². The summed E-state index contributed by atoms with van der Waals surface area (Å²) in [5, 5.41) is 7.07. The third-order valence-electron chi connectivity index (χ3n) is 4.16. The lowest BCUT2D eigenvalue weighted by Gasteiger charge is -2.10. The predicted octanol–water partition coefficient (Wildman–Crippen LogP) is 2.39. The van der Waals surface area contributed by atoms with Crippen LogP contribution in [0.4, 0.5) is 5.95 Å². The second kappa shape index (κ2) is 6.39. The molecule has 0 aliphatic heterocycles. The van der Waals surface area contributed by atoms with Crippen molar-refractivity contribution >= 4 is 28.8 Å². The first-order valence-corrected chi connectivity index (χ1v) is 8.06. The minimum Gasteiger partial charge on any atom is -0.366 e. The van der Waals surface area contributed by atoms with Crippen molar-refractivity contribution < 1.29 is 9.59 Å². The van der Waals surface area contributed by atoms with Crippen LogP contribution in [-0.2, 0) is 0 Å². The average Bonchev–Trinajstić information content (AvgIpc) is 3.16. The topological polar surface area (TPSA) is 119 Å². The Morgan fingerprint density at radius 3 is 2.80 bits per heavy atom. The Morgan fingerprint density at radius 1 is 1.36 bits per heavy atom. The van der Waals surface area contributed by atoms with Crippen molar-refractivity contribution in [2.45, 2.75) is 33.2 Å². The van der Waals surface area contributed by atoms with Crippen LogP contribution in [0.1, 0.15) is 52.9 Å². The molecule has 0 aliphatic carbocycles. The minimum atomic E-state index is -0.520. The molecule has 2 amide bonds. The minimum absolute atomic E-state index is 0.222. The number of anilines is 1. The zero-order chi connectivity index (χ0) is 18.1. The summed E-state index contributed by atoms with van der Waals surface area (Å²) < 4.78 is 1.84. The summed E-state index contributed by atoms with van der Waals surface area (Å²) in [5.41, 5.74) is 8.14. The molecule has 3 aromatic rings. The van der Waals surface area contributed by atoms with E-state index in [1.165, 1.54) is 0 Å². The molecule has 0 saturated carbocycles. The van der Waals surface area contributed by atoms with Gasteiger partial charge in [0.05, 0.1) is 11.0 Å². The number of fused-ring (bicyclic) bond motifs is 1. The van der Waals surface area contributed by atoms with E-state index in [-0.39, 0.29) is 17.9 Å². The number of H-pyrrole nitrogens is 1. The fourth-order valence-electron chi connectivity index (χ4n) is 2.61. The van der Waals surface area contributed by atoms with Gasteiger partial charge < -0.3 is 10.7 Å². The van der Waals surface area contributed by atoms with Gasteiger partial charge in [-0.1, -0.05) is 6.92 Å². The number of nitrogens with zero attached hydrogens (tertiary/aromatic N) is 3. The SMILES string of the molecule is CCC(C)n1nc(C(=O)Nc2nc3ccc(C(N)=O)cc3[nH]2)cc1C. The highest BCUT2D eigenvalue weighted by Gasteiger charge is 2.16. The lowest BCUT2D eigenvalue weighted by Crippen LogP contribution is -2.15. The van der Waals surface area contributed by atoms with Gasteiger partial charge in [-0.05, 0) is 44.5 Å². The lowest BCUT2D eigenvalue weighted by molar-refractivity contribution is 0.0996. The Hall–Kier alpha value is -3.16. The summed E-state index contributed by atoms with van der Waals surface area (Å²) in [5.74, 6) is -0.579. The summed E-state index contributed by atoms with van der Waals surface area (Å²) in [6.45, 7) is 6.04. The molecule has 1 atom stereocenters. The summed E-state index contributed by atoms with van der Waals surface area (Å²) in [6.07, 6.45) is 0.926. The number of amides is 2. The highest BCUT2D eigenvalue weighted by atomic mass is 16.2. The van der Waals surface area contributed by atoms with Crippen LogP contribution >= 0.6 is 0 Å². The third-order valence-corrected chi connectivity index (χ3v) is 4.16. The van der Waals surface area contributed by atoms with Crippen LogP contribution < -0.4 is 11.1 Å². The Balaban J connectivity index is 1.83. The summed E-state index contributed by atoms with van der Waals surface area (Å²) in [6, 6.07) is 6.83. The number of imidazole rings is 1. The van der Waals surface area contributed by atoms with E-state index in [0.717, 1.165) is 12.1 Å². The number of rotatable bonds is 5. The first kappa shape index (κ1) is 16.7. The van der Waals surface area contributed by atoms with Crippen molar-refractivity contribution in [3.05, 3.63) is 41.2 Å². The number of benzene rings is 1. The molecule has 0 fully saturated rings. The van der Waals surface area contributed by atoms with Gasteiger partial charge in [-0.25, -0.2) is 4.98 Å². The maximum Gasteiger partial charge on any atom is 0.278 e. The molecule has 3 rings (SSSR count). The molecule has 1 unspecified atom stereocenters. The Labute approximate surface area is 144 Å². The van der Waals surface area contributed by atoms with Gasteiger partial charge in [0.1, 0.15) is 0 Å². The number of primary amides is 1. The molecule has 130 valence electrons. The molecule has 0 bridgehead atoms. The second-order valence-electron chi connectivity index (χ2n) is 6.01. The number of hydrogen-bond acceptors (Lipinski definition) is 4. The number of aromatic nitrogens is 4. The normalized spacial score (nSPS) is 12.3. The van der Waals surface area contributed by atoms with E-state index >= 15 is 0 Å². The molecule has 8 heteroatoms. The molecule has 0 radical (unpaired) electrons. The monoisotopic (exact) mass is 340 g/mol. The maximum atomic E-state index is 12.4. The molecular formula is C17H20N6O2. The van der Waals surface area contributed by atoms with E-state index in [2.05, 4.69) is 34.2 Å². The van der Waals surface area contributed by atoms with Crippen LogP contribution in [-0.4, -0.2) is 31.6 Å². The quantitative estimate of drug-likeness (QED) is 0.660. The fourth-order valence-corrected chi connectivity index (χ4v) is 2.61. The summed E-state index contributed by atoms with van der Waals surface area (Å²) in [4.78, 5) is 30.9. The molecule has 8 nitrogen and oxygen atoms in total. The van der Waals surface area contributed by atoms with Crippen LogP contribution in [0.15, 0.2) is 24.3 Å². The molecule has 25 heavy (non-hydrogen) atoms. The largest absolute Gasteiger partial charge is 0.366 e. The van der Waals surface area contributed by atoms with Gasteiger partial charge in [-0.15, -0.1) is 0 Å². The zero-order valence-electron chi connectivity index (χ0n) is 14.3. The molecule has 2 heterocycles. The number of aryl methyl sites for hydroxylation is 1. The molecule has 0 saturated heterocycles. The first-order valence-electron chi connectivity index (χ1n) is 8.06. The Kier molecular flexibility index (Phi) is 4.26. The molecular weight excluding hydrogens is 320 g/mol. The highest BCUT2D eigenvalue weighted by Crippen LogP contribution is 2.18. The summed E-state index contributed by atoms with van der Waals surface area (Å²) >= 11 is 0. The van der Waals surface area contributed by atoms with E-state index in [4.69, 9.17) is 5.73 Å². The van der Waals surface area contributed by atoms with Crippen LogP contribution in [0.3, 0.4) is 0 Å². The Bertz CT molecular complexity index is 955. The fraction of sp³-hybridized carbons (Fsp3) is 0.294. The number of nitrogens with two attached hydrogens (primary N) is 1. The van der Waals surface area contributed by atoms with E-state index in [9.17, 15) is 9.59 Å². The smallest absolute Gasteiger partial charge is 0.278 e. The van der Waals surface area contributed by atoms with Gasteiger partial charge in [-0.2, -0.15) is 5.10 Å². The second-order valence-corrected chi connectivity index (χ2v) is 6.01. The van der Waals surface area contributed by atoms with Crippen LogP contribution in [0, 0.1) is 6.92 Å². The van der Waals surface area contributed by atoms with Crippen molar-refractivity contribution in [2.24, 2.45) is 5.73 Å². The van der Waals surface area contributed by atoms with E-state index in [0.29, 0.717) is 22.3 Å². The van der Waals surface area contributed by atoms with E-state index in [1.807, 2.05) is 11.6 Å². The molecule has 0 spiro atoms. The predicted molar refractivity (Wildman–Crippen MR) is 94.5 cm³/mol. The van der Waals surface area contributed by atoms with Crippen molar-refractivity contribution in [1.29, 1.82) is 0 Å². The van der Waals surface area contributed by atoms with Gasteiger partial charge in [0.15, 0.2) is 5.69 Å². The van der Waals surface area contributed by atoms with Crippen molar-refractivity contribution in [3.8, 4) is 0 Å². The maximum absolute atomic E-state index is 12.4. The van der Waals surface area contributed by atoms with E-state index < -0.39 is 5.91 Å². The van der Waals surface area contributed by atoms with Gasteiger partial charge in [0, 0.05) is 17.3 Å². The lowest BCUT2D eigenvalue weighted by atomic mass is 10.2. The van der Waals surface area contributed by atoms with Crippen LogP contribution in [0.2, 0.25) is 0 Å². The number of carbonyl (C=O) groups is 2. The van der Waals surface area contributed by atoms with Crippen LogP contribution in [0.25, 0.3) is 11.0 Å². The van der Waals surface area contributed by atoms with E-state index in [1.54, 1.807) is 24.3 Å². The summed E-state index contributed by atoms with van der Waals surface area (Å²) in [7, 11) is 0. The van der Waals surface area contributed by atoms with Gasteiger partial charge in [0.25, 0.3) is 5.91 Å². The zero-order valence-corrected chi connectivity index (χ0v) is 14.3. The molecule has 2 aromatic heterocycles. The number of aromatic amines is 1. The average molecular weight is 340 g/mol. The molecule has 1 aromatic carbocycles. The van der Waals surface area contributed by atoms with Crippen LogP contribution in [0.5, 0.6) is 0 Å². The van der Waals surface area contributed by atoms with Gasteiger partial charge in [-0.3, -0.25) is 19.6 Å². The van der Waals surface area contributed by atoms with Crippen molar-refractivity contribution in [1.82, 2.24) is 19.7 Å². The Morgan fingerprint density at radius 2 is 2.12 bits per heavy atom. The first-order chi connectivity index (χ1) is 11.9. The number of nitrogens with one attached hydrogen (secondary N) is 2.